The molecule has 16 atom stereocenters. The van der Waals surface area contributed by atoms with Gasteiger partial charge in [0.05, 0.1) is 37.3 Å². The fourth-order valence-corrected chi connectivity index (χ4v) is 17.6. The van der Waals surface area contributed by atoms with Crippen LogP contribution in [0.2, 0.25) is 0 Å². The molecule has 1 aliphatic heterocycles. The monoisotopic (exact) mass is 1570 g/mol. The molecule has 7 unspecified atom stereocenters. The van der Waals surface area contributed by atoms with Crippen LogP contribution in [0, 0.1) is 109 Å². The Morgan fingerprint density at radius 1 is 0.570 bits per heavy atom. The van der Waals surface area contributed by atoms with Gasteiger partial charge in [0, 0.05) is 90.6 Å². The zero-order chi connectivity index (χ0) is 79.6. The van der Waals surface area contributed by atoms with Gasteiger partial charge >= 0.3 is 0 Å². The van der Waals surface area contributed by atoms with Crippen LogP contribution in [-0.4, -0.2) is 128 Å². The lowest BCUT2D eigenvalue weighted by Gasteiger charge is -2.25. The van der Waals surface area contributed by atoms with Gasteiger partial charge in [0.2, 0.25) is 35.2 Å². The molecule has 0 radical (unpaired) electrons. The number of anilines is 2. The number of benzene rings is 4. The third kappa shape index (κ3) is 25.2. The second-order valence-corrected chi connectivity index (χ2v) is 32.1. The fraction of sp³-hybridized carbons (Fsp3) is 0.529. The molecule has 4 fully saturated rings. The minimum absolute atomic E-state index is 0. The summed E-state index contributed by atoms with van der Waals surface area (Å²) in [6.07, 6.45) is 25.6. The maximum absolute atomic E-state index is 13.0. The van der Waals surface area contributed by atoms with Crippen LogP contribution >= 0.6 is 7.82 Å². The number of nitrogens with two attached hydrogens (primary N) is 1. The molecular weight excluding hydrogens is 1460 g/mol. The number of amides is 3. The van der Waals surface area contributed by atoms with E-state index in [4.69, 9.17) is 24.3 Å². The van der Waals surface area contributed by atoms with Crippen molar-refractivity contribution in [2.75, 3.05) is 31.0 Å². The van der Waals surface area contributed by atoms with Crippen LogP contribution < -0.4 is 21.3 Å². The van der Waals surface area contributed by atoms with Gasteiger partial charge in [0.1, 0.15) is 6.10 Å². The zero-order valence-corrected chi connectivity index (χ0v) is 67.1. The van der Waals surface area contributed by atoms with Crippen molar-refractivity contribution >= 4 is 36.9 Å². The van der Waals surface area contributed by atoms with Crippen molar-refractivity contribution < 1.29 is 42.4 Å². The summed E-state index contributed by atoms with van der Waals surface area (Å²) in [5, 5.41) is 60.1. The van der Waals surface area contributed by atoms with Crippen LogP contribution in [0.25, 0.3) is 45.4 Å². The van der Waals surface area contributed by atoms with E-state index >= 15 is 0 Å². The molecule has 4 aromatic heterocycles. The lowest BCUT2D eigenvalue weighted by atomic mass is 9.87. The fourth-order valence-electron chi connectivity index (χ4n) is 16.8. The number of fused-ring (bicyclic) bond motifs is 4. The number of carbonyl (C=O) groups excluding carboxylic acids is 3. The van der Waals surface area contributed by atoms with Gasteiger partial charge in [0.25, 0.3) is 7.82 Å². The van der Waals surface area contributed by atoms with E-state index in [9.17, 15) is 23.8 Å². The van der Waals surface area contributed by atoms with Gasteiger partial charge in [-0.2, -0.15) is 10.2 Å². The highest BCUT2D eigenvalue weighted by atomic mass is 31.2. The van der Waals surface area contributed by atoms with Gasteiger partial charge in [-0.25, -0.2) is 0 Å². The maximum Gasteiger partial charge on any atom is 0.267 e. The number of phosphoric acid groups is 1. The first-order valence-electron chi connectivity index (χ1n) is 40.2. The predicted octanol–water partition coefficient (Wildman–Crippen LogP) is 14.5. The molecule has 15 rings (SSSR count). The van der Waals surface area contributed by atoms with E-state index in [1.54, 1.807) is 62.6 Å². The second-order valence-electron chi connectivity index (χ2n) is 30.7. The van der Waals surface area contributed by atoms with Crippen molar-refractivity contribution in [1.29, 1.82) is 0 Å². The maximum atomic E-state index is 13.0. The molecular formula is C87H111N17O9P-. The smallest absolute Gasteiger partial charge is 0.267 e. The Kier molecular flexibility index (Phi) is 32.8. The summed E-state index contributed by atoms with van der Waals surface area (Å²) in [5.41, 5.74) is 17.0. The Labute approximate surface area is 671 Å². The summed E-state index contributed by atoms with van der Waals surface area (Å²) in [6, 6.07) is 30.6. The van der Waals surface area contributed by atoms with Gasteiger partial charge in [0.15, 0.2) is 19.0 Å². The minimum atomic E-state index is -4.30. The molecule has 5 heterocycles. The van der Waals surface area contributed by atoms with Crippen molar-refractivity contribution in [3.05, 3.63) is 144 Å². The van der Waals surface area contributed by atoms with Crippen LogP contribution in [-0.2, 0) is 50.3 Å². The summed E-state index contributed by atoms with van der Waals surface area (Å²) >= 11 is 0. The van der Waals surface area contributed by atoms with Crippen LogP contribution in [0.15, 0.2) is 122 Å². The molecule has 3 saturated carbocycles. The van der Waals surface area contributed by atoms with Crippen molar-refractivity contribution in [3.63, 3.8) is 0 Å². The minimum Gasteiger partial charge on any atom is -0.756 e. The van der Waals surface area contributed by atoms with Gasteiger partial charge in [-0.15, -0.1) is 84.9 Å². The molecule has 26 nitrogen and oxygen atoms in total. The number of methoxy groups -OCH3 is 1. The highest BCUT2D eigenvalue weighted by molar-refractivity contribution is 7.45. The van der Waals surface area contributed by atoms with Crippen LogP contribution in [0.5, 0.6) is 0 Å². The average Bonchev–Trinajstić information content (AvgIpc) is 1.80. The molecule has 3 amide bonds. The number of aryl methyl sites for hydroxylation is 3. The van der Waals surface area contributed by atoms with Crippen molar-refractivity contribution in [1.82, 2.24) is 71.4 Å². The number of carbonyl (C=O) groups is 3. The van der Waals surface area contributed by atoms with Crippen molar-refractivity contribution in [3.8, 4) is 69.1 Å². The van der Waals surface area contributed by atoms with Gasteiger partial charge in [-0.1, -0.05) is 108 Å². The normalized spacial score (nSPS) is 23.7. The van der Waals surface area contributed by atoms with E-state index in [-0.39, 0.29) is 63.1 Å². The zero-order valence-electron chi connectivity index (χ0n) is 66.2. The Balaban J connectivity index is 0.000000163. The summed E-state index contributed by atoms with van der Waals surface area (Å²) in [5.74, 6) is 20.0. The first-order chi connectivity index (χ1) is 54.9. The third-order valence-electron chi connectivity index (χ3n) is 23.3. The van der Waals surface area contributed by atoms with Gasteiger partial charge in [-0.05, 0) is 217 Å². The van der Waals surface area contributed by atoms with E-state index in [0.29, 0.717) is 71.4 Å². The Morgan fingerprint density at radius 3 is 1.46 bits per heavy atom. The first-order valence-corrected chi connectivity index (χ1v) is 41.7. The Bertz CT molecular complexity index is 4490. The van der Waals surface area contributed by atoms with Gasteiger partial charge < -0.3 is 39.8 Å². The van der Waals surface area contributed by atoms with Crippen molar-refractivity contribution in [2.45, 2.75) is 203 Å². The molecule has 4 aromatic carbocycles. The van der Waals surface area contributed by atoms with Crippen LogP contribution in [0.4, 0.5) is 11.4 Å². The van der Waals surface area contributed by atoms with E-state index in [2.05, 4.69) is 151 Å². The highest BCUT2D eigenvalue weighted by Gasteiger charge is 2.50. The number of nitrogens with one attached hydrogen (secondary N) is 2. The first kappa shape index (κ1) is 86.7. The number of aromatic nitrogens is 14. The molecule has 4 N–H and O–H groups in total. The largest absolute Gasteiger partial charge is 0.756 e. The Hall–Kier alpha value is -9.66. The van der Waals surface area contributed by atoms with E-state index in [1.807, 2.05) is 51.2 Å². The number of rotatable bonds is 25. The molecule has 27 heteroatoms. The summed E-state index contributed by atoms with van der Waals surface area (Å²) in [6.45, 7) is 14.6. The quantitative estimate of drug-likeness (QED) is 0.0353. The lowest BCUT2D eigenvalue weighted by molar-refractivity contribution is -0.228. The number of nitrogens with zero attached hydrogens (tertiary/aromatic N) is 14. The standard InChI is InChI=1S/C28H31N11O3.C20H24N2.C18H29O6P.C11H16.C9H8N4.CH4/c1-3-18(28(42)35-23-12-8-20(9-13-23)26-38-32-16-33-39-26)4-5-21(24(29)40)14-17(2)27(41)34-22-10-6-19(7-11-22)25-36-30-15-31-37-25;1-3-16-18-9-8-15-12-21-22-20(17(15)10-11-19(16)18)14-6-4-13(2)5-7-14;1-13-11-17(21-2)18(24-13)12-23-25(19,20)22-10-9-16-14-7-5-3-4-6-8-15(14)16;1-2-9-10-7-5-3-4-6-8-11(9)10;1-7-2-4-8(5-3-7)9-12-10-6-11-13-9;/h6-13,15-18,21H,3-5,14H2,1-2H3,(H2,29,40)(H,34,41)(H,35,42);4-7,12,16,18-19H,3,8-11H2,1-2H3;13-18H,5-12H2,1-2H3,(H,19,20);9-11H,2,5-8H2,1H3;2-6H,1H3;1H4/p-1/t17?,18-,21?;16?,18-,19+;13-,14-,15+,16?,17?,18+;9?,10-,11+;;/m110.../s1. The topological polar surface area (TPSA) is 359 Å². The molecule has 114 heavy (non-hydrogen) atoms. The summed E-state index contributed by atoms with van der Waals surface area (Å²) in [4.78, 5) is 50.0. The number of phosphoric ester groups is 1. The Morgan fingerprint density at radius 2 is 1.00 bits per heavy atom. The van der Waals surface area contributed by atoms with Gasteiger partial charge in [-0.3, -0.25) is 18.9 Å². The van der Waals surface area contributed by atoms with E-state index < -0.39 is 25.6 Å². The molecule has 1 saturated heterocycles. The lowest BCUT2D eigenvalue weighted by Crippen LogP contribution is -2.31. The number of hydrogen-bond donors (Lipinski definition) is 3. The molecule has 604 valence electrons. The summed E-state index contributed by atoms with van der Waals surface area (Å²) in [7, 11) is -2.70. The third-order valence-corrected chi connectivity index (χ3v) is 24.3. The molecule has 0 bridgehead atoms. The number of hydrogen-bond acceptors (Lipinski definition) is 23. The number of primary amides is 1. The van der Waals surface area contributed by atoms with Crippen LogP contribution in [0.1, 0.15) is 180 Å². The predicted molar refractivity (Wildman–Crippen MR) is 435 cm³/mol. The molecule has 0 spiro atoms. The molecule has 6 aliphatic carbocycles. The SMILES string of the molecule is C.CCC1[C@H]2CCC#CCC[C@@H]12.CCC1[C@H]2CCc3cnnc(-c4ccc(C)cc4)c3CC[C@@H]12.CC[C@H](CCC(CC(C)C(=O)Nc1ccc(-c2nncnn2)cc1)C(N)=O)C(=O)Nc1ccc(-c2nncnn2)cc1.COC1C[C@H](C)O[C@@H]1COP(=O)([O-])OCCC1[C@H]2CCC#CCC[C@@H]12.Cc1ccc(-c2nncnn2)cc1. The number of ether oxygens (including phenoxy) is 2. The van der Waals surface area contributed by atoms with Crippen LogP contribution in [0.3, 0.4) is 0 Å². The molecule has 7 aliphatic rings. The second kappa shape index (κ2) is 43.2. The molecule has 8 aromatic rings. The van der Waals surface area contributed by atoms with E-state index in [1.165, 1.54) is 98.2 Å². The average molecular weight is 1570 g/mol. The van der Waals surface area contributed by atoms with E-state index in [0.717, 1.165) is 104 Å². The highest BCUT2D eigenvalue weighted by Crippen LogP contribution is 2.57. The van der Waals surface area contributed by atoms with Crippen molar-refractivity contribution in [2.24, 2.45) is 76.7 Å². The summed E-state index contributed by atoms with van der Waals surface area (Å²) < 4.78 is 32.9.